The van der Waals surface area contributed by atoms with Crippen molar-refractivity contribution >= 4 is 12.0 Å². The molecule has 3 rings (SSSR count). The van der Waals surface area contributed by atoms with E-state index < -0.39 is 6.09 Å². The highest BCUT2D eigenvalue weighted by Crippen LogP contribution is 2.50. The summed E-state index contributed by atoms with van der Waals surface area (Å²) in [6.45, 7) is 11.0. The van der Waals surface area contributed by atoms with E-state index in [1.54, 1.807) is 0 Å². The molecule has 6 nitrogen and oxygen atoms in total. The van der Waals surface area contributed by atoms with Gasteiger partial charge in [-0.05, 0) is 23.9 Å². The van der Waals surface area contributed by atoms with Gasteiger partial charge in [0.25, 0.3) is 0 Å². The summed E-state index contributed by atoms with van der Waals surface area (Å²) in [5.74, 6) is 0.0883. The molecule has 1 saturated carbocycles. The minimum atomic E-state index is -0.917. The van der Waals surface area contributed by atoms with Gasteiger partial charge in [-0.25, -0.2) is 4.79 Å². The Labute approximate surface area is 161 Å². The molecule has 1 aliphatic carbocycles. The van der Waals surface area contributed by atoms with Crippen molar-refractivity contribution < 1.29 is 14.7 Å². The molecule has 1 aliphatic heterocycles. The molecule has 0 radical (unpaired) electrons. The van der Waals surface area contributed by atoms with Gasteiger partial charge < -0.3 is 19.8 Å². The summed E-state index contributed by atoms with van der Waals surface area (Å²) in [6, 6.07) is 9.51. The first-order valence-electron chi connectivity index (χ1n) is 9.89. The van der Waals surface area contributed by atoms with Gasteiger partial charge >= 0.3 is 6.09 Å². The van der Waals surface area contributed by atoms with Crippen molar-refractivity contribution in [2.45, 2.75) is 39.8 Å². The molecule has 1 aromatic carbocycles. The van der Waals surface area contributed by atoms with E-state index in [2.05, 4.69) is 11.8 Å². The molecular formula is C21H31N3O3. The standard InChI is InChI=1S/C21H31N3O3/c1-4-22-10-12-23(13-11-22)19(25)17-14-18(21(17,2)3)24(20(26)27)15-16-8-6-5-7-9-16/h5-9,17-18H,4,10-15H2,1-3H3,(H,26,27)/t17-,18?/m0/s1. The molecule has 1 saturated heterocycles. The van der Waals surface area contributed by atoms with Crippen LogP contribution in [-0.4, -0.2) is 70.6 Å². The first-order chi connectivity index (χ1) is 12.8. The van der Waals surface area contributed by atoms with E-state index in [-0.39, 0.29) is 23.3 Å². The van der Waals surface area contributed by atoms with E-state index >= 15 is 0 Å². The van der Waals surface area contributed by atoms with E-state index in [0.29, 0.717) is 13.0 Å². The maximum atomic E-state index is 13.0. The summed E-state index contributed by atoms with van der Waals surface area (Å²) in [5, 5.41) is 9.76. The van der Waals surface area contributed by atoms with Crippen LogP contribution in [0.3, 0.4) is 0 Å². The molecule has 1 aromatic rings. The lowest BCUT2D eigenvalue weighted by Crippen LogP contribution is -2.64. The summed E-state index contributed by atoms with van der Waals surface area (Å²) in [7, 11) is 0. The third-order valence-electron chi connectivity index (χ3n) is 6.46. The highest BCUT2D eigenvalue weighted by molar-refractivity contribution is 5.81. The van der Waals surface area contributed by atoms with Crippen molar-refractivity contribution in [2.24, 2.45) is 11.3 Å². The summed E-state index contributed by atoms with van der Waals surface area (Å²) in [4.78, 5) is 30.8. The molecule has 2 fully saturated rings. The van der Waals surface area contributed by atoms with Crippen LogP contribution in [-0.2, 0) is 11.3 Å². The van der Waals surface area contributed by atoms with Crippen LogP contribution < -0.4 is 0 Å². The lowest BCUT2D eigenvalue weighted by molar-refractivity contribution is -0.155. The lowest BCUT2D eigenvalue weighted by atomic mass is 9.57. The monoisotopic (exact) mass is 373 g/mol. The minimum absolute atomic E-state index is 0.103. The number of hydrogen-bond donors (Lipinski definition) is 1. The van der Waals surface area contributed by atoms with Gasteiger partial charge in [0.05, 0.1) is 0 Å². The lowest BCUT2D eigenvalue weighted by Gasteiger charge is -2.55. The smallest absolute Gasteiger partial charge is 0.407 e. The molecule has 0 spiro atoms. The predicted molar refractivity (Wildman–Crippen MR) is 104 cm³/mol. The molecule has 148 valence electrons. The van der Waals surface area contributed by atoms with Gasteiger partial charge in [0, 0.05) is 44.7 Å². The summed E-state index contributed by atoms with van der Waals surface area (Å²) in [6.07, 6.45) is -0.307. The van der Waals surface area contributed by atoms with E-state index in [9.17, 15) is 14.7 Å². The largest absolute Gasteiger partial charge is 0.465 e. The Bertz CT molecular complexity index is 669. The normalized spacial score (nSPS) is 24.9. The Morgan fingerprint density at radius 3 is 2.30 bits per heavy atom. The number of piperazine rings is 1. The molecule has 27 heavy (non-hydrogen) atoms. The fourth-order valence-electron chi connectivity index (χ4n) is 4.45. The first-order valence-corrected chi connectivity index (χ1v) is 9.89. The fraction of sp³-hybridized carbons (Fsp3) is 0.619. The number of carbonyl (C=O) groups excluding carboxylic acids is 1. The van der Waals surface area contributed by atoms with Crippen LogP contribution in [0.25, 0.3) is 0 Å². The van der Waals surface area contributed by atoms with Gasteiger partial charge in [0.15, 0.2) is 0 Å². The molecule has 1 unspecified atom stereocenters. The Kier molecular flexibility index (Phi) is 5.75. The summed E-state index contributed by atoms with van der Waals surface area (Å²) >= 11 is 0. The number of benzene rings is 1. The highest BCUT2D eigenvalue weighted by Gasteiger charge is 2.56. The average Bonchev–Trinajstić information content (AvgIpc) is 2.67. The highest BCUT2D eigenvalue weighted by atomic mass is 16.4. The van der Waals surface area contributed by atoms with Crippen molar-refractivity contribution in [3.05, 3.63) is 35.9 Å². The second-order valence-electron chi connectivity index (χ2n) is 8.28. The molecule has 1 N–H and O–H groups in total. The van der Waals surface area contributed by atoms with Gasteiger partial charge in [0.2, 0.25) is 5.91 Å². The Hall–Kier alpha value is -2.08. The maximum absolute atomic E-state index is 13.0. The van der Waals surface area contributed by atoms with Crippen molar-refractivity contribution in [3.8, 4) is 0 Å². The Balaban J connectivity index is 1.65. The summed E-state index contributed by atoms with van der Waals surface area (Å²) in [5.41, 5.74) is 0.618. The molecule has 6 heteroatoms. The van der Waals surface area contributed by atoms with Gasteiger partial charge in [-0.15, -0.1) is 0 Å². The average molecular weight is 373 g/mol. The van der Waals surface area contributed by atoms with Crippen LogP contribution in [0, 0.1) is 11.3 Å². The third-order valence-corrected chi connectivity index (χ3v) is 6.46. The molecule has 2 atom stereocenters. The quantitative estimate of drug-likeness (QED) is 0.862. The van der Waals surface area contributed by atoms with Crippen molar-refractivity contribution in [3.63, 3.8) is 0 Å². The van der Waals surface area contributed by atoms with Crippen LogP contribution in [0.1, 0.15) is 32.8 Å². The third kappa shape index (κ3) is 3.95. The number of amides is 2. The molecular weight excluding hydrogens is 342 g/mol. The Morgan fingerprint density at radius 2 is 1.78 bits per heavy atom. The number of carbonyl (C=O) groups is 2. The van der Waals surface area contributed by atoms with Gasteiger partial charge in [-0.2, -0.15) is 0 Å². The van der Waals surface area contributed by atoms with Crippen molar-refractivity contribution in [1.29, 1.82) is 0 Å². The van der Waals surface area contributed by atoms with Crippen LogP contribution in [0.15, 0.2) is 30.3 Å². The predicted octanol–water partition coefficient (Wildman–Crippen LogP) is 2.75. The van der Waals surface area contributed by atoms with Crippen LogP contribution in [0.2, 0.25) is 0 Å². The van der Waals surface area contributed by atoms with E-state index in [4.69, 9.17) is 0 Å². The second kappa shape index (κ2) is 7.89. The molecule has 2 amide bonds. The summed E-state index contributed by atoms with van der Waals surface area (Å²) < 4.78 is 0. The molecule has 0 bridgehead atoms. The fourth-order valence-corrected chi connectivity index (χ4v) is 4.45. The SMILES string of the molecule is CCN1CCN(C(=O)[C@@H]2CC(N(Cc3ccccc3)C(=O)O)C2(C)C)CC1. The minimum Gasteiger partial charge on any atom is -0.465 e. The van der Waals surface area contributed by atoms with Crippen LogP contribution in [0.4, 0.5) is 4.79 Å². The molecule has 0 aromatic heterocycles. The second-order valence-corrected chi connectivity index (χ2v) is 8.28. The van der Waals surface area contributed by atoms with E-state index in [0.717, 1.165) is 38.3 Å². The van der Waals surface area contributed by atoms with Crippen molar-refractivity contribution in [2.75, 3.05) is 32.7 Å². The van der Waals surface area contributed by atoms with E-state index in [1.807, 2.05) is 49.1 Å². The number of carboxylic acid groups (broad SMARTS) is 1. The number of likely N-dealkylation sites (N-methyl/N-ethyl adjacent to an activating group) is 1. The van der Waals surface area contributed by atoms with Gasteiger partial charge in [-0.3, -0.25) is 4.79 Å². The number of hydrogen-bond acceptors (Lipinski definition) is 3. The zero-order chi connectivity index (χ0) is 19.6. The molecule has 1 heterocycles. The van der Waals surface area contributed by atoms with Gasteiger partial charge in [0.1, 0.15) is 0 Å². The first kappa shape index (κ1) is 19.7. The van der Waals surface area contributed by atoms with Crippen LogP contribution in [0.5, 0.6) is 0 Å². The molecule has 2 aliphatic rings. The zero-order valence-electron chi connectivity index (χ0n) is 16.6. The maximum Gasteiger partial charge on any atom is 0.407 e. The van der Waals surface area contributed by atoms with Crippen molar-refractivity contribution in [1.82, 2.24) is 14.7 Å². The van der Waals surface area contributed by atoms with Gasteiger partial charge in [-0.1, -0.05) is 51.1 Å². The van der Waals surface area contributed by atoms with Crippen LogP contribution >= 0.6 is 0 Å². The number of rotatable bonds is 5. The topological polar surface area (TPSA) is 64.1 Å². The Morgan fingerprint density at radius 1 is 1.15 bits per heavy atom. The zero-order valence-corrected chi connectivity index (χ0v) is 16.6. The number of nitrogens with zero attached hydrogens (tertiary/aromatic N) is 3. The van der Waals surface area contributed by atoms with E-state index in [1.165, 1.54) is 4.90 Å².